The Morgan fingerprint density at radius 3 is 2.66 bits per heavy atom. The SMILES string of the molecule is COC(=O)c1sccc1NC(=S)Nc1nc2ccccc2n1Cc1ccccc1. The fourth-order valence-corrected chi connectivity index (χ4v) is 3.98. The van der Waals surface area contributed by atoms with Gasteiger partial charge in [-0.1, -0.05) is 42.5 Å². The second kappa shape index (κ2) is 8.42. The highest BCUT2D eigenvalue weighted by Crippen LogP contribution is 2.24. The Hall–Kier alpha value is -3.23. The summed E-state index contributed by atoms with van der Waals surface area (Å²) in [6.07, 6.45) is 0. The molecule has 0 unspecified atom stereocenters. The lowest BCUT2D eigenvalue weighted by atomic mass is 10.2. The van der Waals surface area contributed by atoms with Gasteiger partial charge in [0.25, 0.3) is 0 Å². The zero-order valence-electron chi connectivity index (χ0n) is 15.6. The van der Waals surface area contributed by atoms with E-state index in [0.717, 1.165) is 16.6 Å². The summed E-state index contributed by atoms with van der Waals surface area (Å²) in [5, 5.41) is 8.39. The van der Waals surface area contributed by atoms with Crippen molar-refractivity contribution in [1.29, 1.82) is 0 Å². The molecule has 8 heteroatoms. The maximum atomic E-state index is 11.9. The van der Waals surface area contributed by atoms with Crippen LogP contribution in [0.15, 0.2) is 66.0 Å². The van der Waals surface area contributed by atoms with Crippen molar-refractivity contribution in [3.05, 3.63) is 76.5 Å². The summed E-state index contributed by atoms with van der Waals surface area (Å²) < 4.78 is 6.89. The minimum absolute atomic E-state index is 0.346. The Morgan fingerprint density at radius 2 is 1.86 bits per heavy atom. The van der Waals surface area contributed by atoms with E-state index in [0.29, 0.717) is 28.2 Å². The van der Waals surface area contributed by atoms with Crippen molar-refractivity contribution in [3.8, 4) is 0 Å². The first-order valence-corrected chi connectivity index (χ1v) is 10.2. The number of benzene rings is 2. The van der Waals surface area contributed by atoms with Crippen molar-refractivity contribution >= 4 is 57.3 Å². The zero-order chi connectivity index (χ0) is 20.2. The van der Waals surface area contributed by atoms with Gasteiger partial charge in [-0.25, -0.2) is 9.78 Å². The molecule has 0 saturated carbocycles. The van der Waals surface area contributed by atoms with E-state index in [1.807, 2.05) is 47.8 Å². The number of hydrogen-bond donors (Lipinski definition) is 2. The molecular formula is C21H18N4O2S2. The van der Waals surface area contributed by atoms with Crippen LogP contribution in [0.25, 0.3) is 11.0 Å². The number of carbonyl (C=O) groups excluding carboxylic acids is 1. The molecule has 0 aliphatic carbocycles. The monoisotopic (exact) mass is 422 g/mol. The largest absolute Gasteiger partial charge is 0.465 e. The van der Waals surface area contributed by atoms with Crippen LogP contribution < -0.4 is 10.6 Å². The van der Waals surface area contributed by atoms with E-state index in [-0.39, 0.29) is 0 Å². The summed E-state index contributed by atoms with van der Waals surface area (Å²) >= 11 is 6.77. The molecule has 2 heterocycles. The van der Waals surface area contributed by atoms with Crippen LogP contribution in [0.2, 0.25) is 0 Å². The van der Waals surface area contributed by atoms with Crippen molar-refractivity contribution < 1.29 is 9.53 Å². The van der Waals surface area contributed by atoms with Crippen LogP contribution in [0.5, 0.6) is 0 Å². The first-order chi connectivity index (χ1) is 14.2. The number of thiocarbonyl (C=S) groups is 1. The van der Waals surface area contributed by atoms with Crippen LogP contribution in [-0.2, 0) is 11.3 Å². The molecule has 4 rings (SSSR count). The maximum Gasteiger partial charge on any atom is 0.350 e. The van der Waals surface area contributed by atoms with E-state index in [1.165, 1.54) is 18.4 Å². The highest BCUT2D eigenvalue weighted by molar-refractivity contribution is 7.80. The van der Waals surface area contributed by atoms with E-state index in [1.54, 1.807) is 6.07 Å². The number of hydrogen-bond acceptors (Lipinski definition) is 5. The van der Waals surface area contributed by atoms with Gasteiger partial charge in [0.15, 0.2) is 5.11 Å². The lowest BCUT2D eigenvalue weighted by molar-refractivity contribution is 0.0607. The van der Waals surface area contributed by atoms with Crippen molar-refractivity contribution in [2.45, 2.75) is 6.54 Å². The zero-order valence-corrected chi connectivity index (χ0v) is 17.2. The lowest BCUT2D eigenvalue weighted by Crippen LogP contribution is -2.22. The highest BCUT2D eigenvalue weighted by atomic mass is 32.1. The maximum absolute atomic E-state index is 11.9. The third-order valence-corrected chi connectivity index (χ3v) is 5.45. The number of esters is 1. The van der Waals surface area contributed by atoms with E-state index in [9.17, 15) is 4.79 Å². The number of anilines is 2. The number of aromatic nitrogens is 2. The molecule has 0 radical (unpaired) electrons. The third-order valence-electron chi connectivity index (χ3n) is 4.35. The molecule has 6 nitrogen and oxygen atoms in total. The molecule has 0 saturated heterocycles. The van der Waals surface area contributed by atoms with Crippen LogP contribution in [0.4, 0.5) is 11.6 Å². The number of para-hydroxylation sites is 2. The first-order valence-electron chi connectivity index (χ1n) is 8.88. The summed E-state index contributed by atoms with van der Waals surface area (Å²) in [4.78, 5) is 17.0. The average molecular weight is 423 g/mol. The molecule has 2 aromatic carbocycles. The Labute approximate surface area is 177 Å². The summed E-state index contributed by atoms with van der Waals surface area (Å²) in [6, 6.07) is 19.9. The molecule has 0 aliphatic rings. The molecule has 2 aromatic heterocycles. The fraction of sp³-hybridized carbons (Fsp3) is 0.0952. The summed E-state index contributed by atoms with van der Waals surface area (Å²) in [5.74, 6) is 0.226. The van der Waals surface area contributed by atoms with Gasteiger partial charge in [-0.05, 0) is 41.4 Å². The van der Waals surface area contributed by atoms with Gasteiger partial charge in [0.2, 0.25) is 5.95 Å². The molecular weight excluding hydrogens is 404 g/mol. The molecule has 0 spiro atoms. The number of nitrogens with zero attached hydrogens (tertiary/aromatic N) is 2. The van der Waals surface area contributed by atoms with Gasteiger partial charge in [0.05, 0.1) is 30.4 Å². The Bertz CT molecular complexity index is 1170. The first kappa shape index (κ1) is 19.1. The molecule has 0 bridgehead atoms. The van der Waals surface area contributed by atoms with Crippen molar-refractivity contribution in [1.82, 2.24) is 9.55 Å². The predicted octanol–water partition coefficient (Wildman–Crippen LogP) is 4.74. The number of imidazole rings is 1. The van der Waals surface area contributed by atoms with Gasteiger partial charge in [0, 0.05) is 0 Å². The van der Waals surface area contributed by atoms with Gasteiger partial charge in [-0.2, -0.15) is 0 Å². The molecule has 29 heavy (non-hydrogen) atoms. The number of methoxy groups -OCH3 is 1. The number of ether oxygens (including phenoxy) is 1. The highest BCUT2D eigenvalue weighted by Gasteiger charge is 2.16. The quantitative estimate of drug-likeness (QED) is 0.358. The van der Waals surface area contributed by atoms with Gasteiger partial charge in [-0.15, -0.1) is 11.3 Å². The third kappa shape index (κ3) is 4.13. The second-order valence-corrected chi connectivity index (χ2v) is 7.55. The minimum Gasteiger partial charge on any atom is -0.465 e. The normalized spacial score (nSPS) is 10.7. The van der Waals surface area contributed by atoms with Crippen LogP contribution in [0.1, 0.15) is 15.2 Å². The summed E-state index contributed by atoms with van der Waals surface area (Å²) in [5.41, 5.74) is 3.64. The second-order valence-electron chi connectivity index (χ2n) is 6.23. The van der Waals surface area contributed by atoms with Gasteiger partial charge < -0.3 is 19.9 Å². The van der Waals surface area contributed by atoms with Crippen molar-refractivity contribution in [3.63, 3.8) is 0 Å². The van der Waals surface area contributed by atoms with Gasteiger partial charge >= 0.3 is 5.97 Å². The smallest absolute Gasteiger partial charge is 0.350 e. The van der Waals surface area contributed by atoms with Crippen molar-refractivity contribution in [2.75, 3.05) is 17.7 Å². The Balaban J connectivity index is 1.61. The van der Waals surface area contributed by atoms with Gasteiger partial charge in [0.1, 0.15) is 4.88 Å². The van der Waals surface area contributed by atoms with E-state index < -0.39 is 5.97 Å². The molecule has 4 aromatic rings. The lowest BCUT2D eigenvalue weighted by Gasteiger charge is -2.13. The summed E-state index contributed by atoms with van der Waals surface area (Å²) in [7, 11) is 1.36. The number of nitrogens with one attached hydrogen (secondary N) is 2. The van der Waals surface area contributed by atoms with E-state index in [2.05, 4.69) is 32.3 Å². The topological polar surface area (TPSA) is 68.2 Å². The van der Waals surface area contributed by atoms with E-state index in [4.69, 9.17) is 17.0 Å². The minimum atomic E-state index is -0.401. The van der Waals surface area contributed by atoms with E-state index >= 15 is 0 Å². The number of fused-ring (bicyclic) bond motifs is 1. The molecule has 2 N–H and O–H groups in total. The van der Waals surface area contributed by atoms with Crippen LogP contribution >= 0.6 is 23.6 Å². The fourth-order valence-electron chi connectivity index (χ4n) is 3.01. The van der Waals surface area contributed by atoms with Crippen molar-refractivity contribution in [2.24, 2.45) is 0 Å². The molecule has 0 atom stereocenters. The van der Waals surface area contributed by atoms with Crippen LogP contribution in [0.3, 0.4) is 0 Å². The number of carbonyl (C=O) groups is 1. The molecule has 146 valence electrons. The number of rotatable bonds is 5. The number of thiophene rings is 1. The standard InChI is InChI=1S/C21H18N4O2S2/c1-27-19(26)18-16(11-12-29-18)23-21(28)24-20-22-15-9-5-6-10-17(15)25(20)13-14-7-3-2-4-8-14/h2-12H,13H2,1H3,(H2,22,23,24,28). The molecule has 0 amide bonds. The summed E-state index contributed by atoms with van der Waals surface area (Å²) in [6.45, 7) is 0.651. The van der Waals surface area contributed by atoms with Crippen LogP contribution in [0, 0.1) is 0 Å². The van der Waals surface area contributed by atoms with Crippen LogP contribution in [-0.4, -0.2) is 27.7 Å². The Morgan fingerprint density at radius 1 is 1.10 bits per heavy atom. The Kier molecular flexibility index (Phi) is 5.55. The van der Waals surface area contributed by atoms with Gasteiger partial charge in [-0.3, -0.25) is 0 Å². The average Bonchev–Trinajstić information content (AvgIpc) is 3.33. The molecule has 0 fully saturated rings. The molecule has 0 aliphatic heterocycles. The predicted molar refractivity (Wildman–Crippen MR) is 121 cm³/mol.